The summed E-state index contributed by atoms with van der Waals surface area (Å²) in [6.07, 6.45) is 3.42. The molecule has 0 bridgehead atoms. The van der Waals surface area contributed by atoms with E-state index in [0.717, 1.165) is 30.3 Å². The van der Waals surface area contributed by atoms with E-state index in [4.69, 9.17) is 4.74 Å². The molecule has 0 aromatic carbocycles. The van der Waals surface area contributed by atoms with Gasteiger partial charge in [0.05, 0.1) is 19.2 Å². The van der Waals surface area contributed by atoms with E-state index in [1.165, 1.54) is 12.1 Å². The lowest BCUT2D eigenvalue weighted by molar-refractivity contribution is -0.121. The quantitative estimate of drug-likeness (QED) is 0.842. The molecule has 2 heterocycles. The van der Waals surface area contributed by atoms with Gasteiger partial charge in [0.2, 0.25) is 5.91 Å². The second kappa shape index (κ2) is 8.23. The van der Waals surface area contributed by atoms with Crippen molar-refractivity contribution in [2.24, 2.45) is 0 Å². The lowest BCUT2D eigenvalue weighted by Gasteiger charge is -2.27. The Bertz CT molecular complexity index is 833. The number of hydrogen-bond acceptors (Lipinski definition) is 4. The van der Waals surface area contributed by atoms with Crippen molar-refractivity contribution in [2.75, 3.05) is 13.7 Å². The molecule has 0 saturated heterocycles. The molecule has 1 atom stereocenters. The molecule has 7 heteroatoms. The van der Waals surface area contributed by atoms with Crippen LogP contribution in [0.15, 0.2) is 35.3 Å². The number of pyridine rings is 2. The minimum absolute atomic E-state index is 0.0174. The maximum Gasteiger partial charge on any atom is 0.250 e. The van der Waals surface area contributed by atoms with Gasteiger partial charge in [0.25, 0.3) is 5.56 Å². The van der Waals surface area contributed by atoms with Crippen molar-refractivity contribution >= 4 is 5.91 Å². The largest absolute Gasteiger partial charge is 0.383 e. The predicted molar refractivity (Wildman–Crippen MR) is 94.4 cm³/mol. The van der Waals surface area contributed by atoms with Crippen LogP contribution >= 0.6 is 0 Å². The van der Waals surface area contributed by atoms with Gasteiger partial charge >= 0.3 is 0 Å². The molecule has 2 aromatic rings. The average Bonchev–Trinajstić information content (AvgIpc) is 2.63. The maximum absolute atomic E-state index is 12.9. The van der Waals surface area contributed by atoms with Gasteiger partial charge in [0, 0.05) is 37.2 Å². The van der Waals surface area contributed by atoms with Crippen molar-refractivity contribution in [3.8, 4) is 0 Å². The Labute approximate surface area is 151 Å². The monoisotopic (exact) mass is 359 g/mol. The van der Waals surface area contributed by atoms with E-state index in [0.29, 0.717) is 25.3 Å². The summed E-state index contributed by atoms with van der Waals surface area (Å²) in [7, 11) is 1.61. The molecule has 1 N–H and O–H groups in total. The molecule has 0 spiro atoms. The summed E-state index contributed by atoms with van der Waals surface area (Å²) in [4.78, 5) is 28.2. The third-order valence-corrected chi connectivity index (χ3v) is 4.60. The fourth-order valence-corrected chi connectivity index (χ4v) is 3.33. The van der Waals surface area contributed by atoms with E-state index < -0.39 is 5.82 Å². The van der Waals surface area contributed by atoms with Gasteiger partial charge in [-0.2, -0.15) is 0 Å². The Kier molecular flexibility index (Phi) is 5.78. The average molecular weight is 359 g/mol. The minimum Gasteiger partial charge on any atom is -0.383 e. The molecule has 0 radical (unpaired) electrons. The first-order valence-corrected chi connectivity index (χ1v) is 8.67. The highest BCUT2D eigenvalue weighted by Crippen LogP contribution is 2.20. The molecule has 26 heavy (non-hydrogen) atoms. The van der Waals surface area contributed by atoms with Gasteiger partial charge in [-0.3, -0.25) is 14.6 Å². The Morgan fingerprint density at radius 2 is 2.23 bits per heavy atom. The molecule has 2 aromatic heterocycles. The smallest absolute Gasteiger partial charge is 0.250 e. The zero-order valence-corrected chi connectivity index (χ0v) is 14.7. The third kappa shape index (κ3) is 4.35. The van der Waals surface area contributed by atoms with Crippen LogP contribution in [0, 0.1) is 5.82 Å². The second-order valence-electron chi connectivity index (χ2n) is 6.44. The van der Waals surface area contributed by atoms with Crippen molar-refractivity contribution in [3.63, 3.8) is 0 Å². The van der Waals surface area contributed by atoms with Crippen LogP contribution in [-0.2, 0) is 35.3 Å². The van der Waals surface area contributed by atoms with Crippen molar-refractivity contribution in [3.05, 3.63) is 63.6 Å². The SMILES string of the molecule is COCCn1c2c(ccc1=O)CC(NC(=O)Cc1ccc(F)cn1)CC2. The topological polar surface area (TPSA) is 73.2 Å². The Hall–Kier alpha value is -2.54. The number of carbonyl (C=O) groups is 1. The summed E-state index contributed by atoms with van der Waals surface area (Å²) < 4.78 is 19.7. The Morgan fingerprint density at radius 1 is 1.38 bits per heavy atom. The van der Waals surface area contributed by atoms with E-state index in [9.17, 15) is 14.0 Å². The number of fused-ring (bicyclic) bond motifs is 1. The molecular weight excluding hydrogens is 337 g/mol. The zero-order chi connectivity index (χ0) is 18.5. The molecule has 6 nitrogen and oxygen atoms in total. The number of nitrogens with zero attached hydrogens (tertiary/aromatic N) is 2. The number of carbonyl (C=O) groups excluding carboxylic acids is 1. The molecule has 0 aliphatic heterocycles. The first-order chi connectivity index (χ1) is 12.6. The fourth-order valence-electron chi connectivity index (χ4n) is 3.33. The van der Waals surface area contributed by atoms with Gasteiger partial charge in [-0.25, -0.2) is 4.39 Å². The normalized spacial score (nSPS) is 16.2. The van der Waals surface area contributed by atoms with Gasteiger partial charge in [-0.05, 0) is 37.0 Å². The van der Waals surface area contributed by atoms with Gasteiger partial charge in [0.1, 0.15) is 5.82 Å². The van der Waals surface area contributed by atoms with E-state index in [1.807, 2.05) is 6.07 Å². The van der Waals surface area contributed by atoms with Crippen molar-refractivity contribution < 1.29 is 13.9 Å². The van der Waals surface area contributed by atoms with Crippen molar-refractivity contribution in [2.45, 2.75) is 38.3 Å². The fraction of sp³-hybridized carbons (Fsp3) is 0.421. The van der Waals surface area contributed by atoms with Gasteiger partial charge in [0.15, 0.2) is 0 Å². The number of ether oxygens (including phenoxy) is 1. The van der Waals surface area contributed by atoms with Crippen LogP contribution < -0.4 is 10.9 Å². The number of hydrogen-bond donors (Lipinski definition) is 1. The molecule has 1 unspecified atom stereocenters. The standard InChI is InChI=1S/C19H22FN3O3/c1-26-9-8-23-17-6-5-16(10-13(17)2-7-19(23)25)22-18(24)11-15-4-3-14(20)12-21-15/h2-4,7,12,16H,5-6,8-11H2,1H3,(H,22,24). The summed E-state index contributed by atoms with van der Waals surface area (Å²) in [5, 5.41) is 3.02. The van der Waals surface area contributed by atoms with Crippen LogP contribution in [0.25, 0.3) is 0 Å². The second-order valence-corrected chi connectivity index (χ2v) is 6.44. The molecular formula is C19H22FN3O3. The van der Waals surface area contributed by atoms with Crippen LogP contribution in [-0.4, -0.2) is 35.2 Å². The number of nitrogens with one attached hydrogen (secondary N) is 1. The molecule has 1 amide bonds. The highest BCUT2D eigenvalue weighted by molar-refractivity contribution is 5.78. The number of methoxy groups -OCH3 is 1. The molecule has 1 aliphatic rings. The van der Waals surface area contributed by atoms with Crippen LogP contribution in [0.2, 0.25) is 0 Å². The molecule has 1 aliphatic carbocycles. The zero-order valence-electron chi connectivity index (χ0n) is 14.7. The number of rotatable bonds is 6. The summed E-state index contributed by atoms with van der Waals surface area (Å²) in [5.74, 6) is -0.553. The van der Waals surface area contributed by atoms with Gasteiger partial charge in [-0.1, -0.05) is 6.07 Å². The van der Waals surface area contributed by atoms with Crippen molar-refractivity contribution in [1.82, 2.24) is 14.9 Å². The summed E-state index contributed by atoms with van der Waals surface area (Å²) in [6.45, 7) is 1.02. The summed E-state index contributed by atoms with van der Waals surface area (Å²) >= 11 is 0. The third-order valence-electron chi connectivity index (χ3n) is 4.60. The molecule has 3 rings (SSSR count). The summed E-state index contributed by atoms with van der Waals surface area (Å²) in [5.41, 5.74) is 2.62. The number of aromatic nitrogens is 2. The highest BCUT2D eigenvalue weighted by atomic mass is 19.1. The lowest BCUT2D eigenvalue weighted by atomic mass is 9.91. The van der Waals surface area contributed by atoms with Crippen LogP contribution in [0.3, 0.4) is 0 Å². The molecule has 0 saturated carbocycles. The van der Waals surface area contributed by atoms with Gasteiger partial charge in [-0.15, -0.1) is 0 Å². The van der Waals surface area contributed by atoms with Crippen LogP contribution in [0.4, 0.5) is 4.39 Å². The molecule has 0 fully saturated rings. The van der Waals surface area contributed by atoms with E-state index in [-0.39, 0.29) is 23.9 Å². The van der Waals surface area contributed by atoms with Gasteiger partial charge < -0.3 is 14.6 Å². The number of amides is 1. The highest BCUT2D eigenvalue weighted by Gasteiger charge is 2.23. The number of halogens is 1. The van der Waals surface area contributed by atoms with Crippen LogP contribution in [0.1, 0.15) is 23.4 Å². The van der Waals surface area contributed by atoms with Crippen molar-refractivity contribution in [1.29, 1.82) is 0 Å². The lowest BCUT2D eigenvalue weighted by Crippen LogP contribution is -2.41. The Balaban J connectivity index is 1.64. The van der Waals surface area contributed by atoms with E-state index in [1.54, 1.807) is 17.7 Å². The van der Waals surface area contributed by atoms with Crippen LogP contribution in [0.5, 0.6) is 0 Å². The first kappa shape index (κ1) is 18.3. The predicted octanol–water partition coefficient (Wildman–Crippen LogP) is 1.24. The summed E-state index contributed by atoms with van der Waals surface area (Å²) in [6, 6.07) is 6.25. The molecule has 138 valence electrons. The Morgan fingerprint density at radius 3 is 2.96 bits per heavy atom. The minimum atomic E-state index is -0.419. The maximum atomic E-state index is 12.9. The van der Waals surface area contributed by atoms with E-state index in [2.05, 4.69) is 10.3 Å². The first-order valence-electron chi connectivity index (χ1n) is 8.67. The van der Waals surface area contributed by atoms with E-state index >= 15 is 0 Å².